The minimum Gasteiger partial charge on any atom is -0.395 e. The fraction of sp³-hybridized carbons (Fsp3) is 0. The molecule has 9 heteroatoms. The summed E-state index contributed by atoms with van der Waals surface area (Å²) in [7, 11) is 0. The van der Waals surface area contributed by atoms with Crippen LogP contribution in [0.25, 0.3) is 0 Å². The first-order valence-electron chi connectivity index (χ1n) is 3.60. The highest BCUT2D eigenvalue weighted by Gasteiger charge is 2.16. The number of nitro groups is 1. The van der Waals surface area contributed by atoms with Gasteiger partial charge >= 0.3 is 17.8 Å². The van der Waals surface area contributed by atoms with E-state index in [4.69, 9.17) is 0 Å². The van der Waals surface area contributed by atoms with Crippen molar-refractivity contribution in [1.29, 1.82) is 0 Å². The molecule has 0 aliphatic rings. The molecule has 0 fully saturated rings. The standard InChI is InChI=1S/C6H6N4O5/c7-6(12)9-8-5(11)3-1-2-4(15-3)10(13)14/h1-2H,(H,8,11)(H3,7,9,12). The maximum atomic E-state index is 11.1. The molecule has 0 aliphatic carbocycles. The van der Waals surface area contributed by atoms with Gasteiger partial charge in [0.25, 0.3) is 0 Å². The topological polar surface area (TPSA) is 140 Å². The molecule has 80 valence electrons. The average Bonchev–Trinajstić information content (AvgIpc) is 2.62. The summed E-state index contributed by atoms with van der Waals surface area (Å²) in [6, 6.07) is 1.14. The van der Waals surface area contributed by atoms with Crippen LogP contribution >= 0.6 is 0 Å². The second kappa shape index (κ2) is 4.09. The van der Waals surface area contributed by atoms with Crippen LogP contribution in [0.3, 0.4) is 0 Å². The summed E-state index contributed by atoms with van der Waals surface area (Å²) < 4.78 is 4.54. The number of urea groups is 1. The van der Waals surface area contributed by atoms with Gasteiger partial charge in [0.1, 0.15) is 4.92 Å². The Morgan fingerprint density at radius 1 is 1.40 bits per heavy atom. The van der Waals surface area contributed by atoms with Crippen molar-refractivity contribution in [3.05, 3.63) is 28.0 Å². The molecule has 3 amide bonds. The number of primary amides is 1. The Hall–Kier alpha value is -2.58. The lowest BCUT2D eigenvalue weighted by Gasteiger charge is -2.00. The van der Waals surface area contributed by atoms with Crippen molar-refractivity contribution in [2.24, 2.45) is 5.73 Å². The molecule has 1 aromatic heterocycles. The normalized spacial score (nSPS) is 9.33. The molecule has 1 heterocycles. The number of hydrazine groups is 1. The van der Waals surface area contributed by atoms with E-state index in [1.54, 1.807) is 5.43 Å². The van der Waals surface area contributed by atoms with E-state index in [9.17, 15) is 19.7 Å². The van der Waals surface area contributed by atoms with E-state index in [2.05, 4.69) is 10.2 Å². The van der Waals surface area contributed by atoms with Gasteiger partial charge in [0.15, 0.2) is 0 Å². The van der Waals surface area contributed by atoms with E-state index in [0.29, 0.717) is 0 Å². The summed E-state index contributed by atoms with van der Waals surface area (Å²) >= 11 is 0. The lowest BCUT2D eigenvalue weighted by atomic mass is 10.4. The minimum absolute atomic E-state index is 0.310. The Balaban J connectivity index is 2.66. The number of nitrogens with two attached hydrogens (primary N) is 1. The third kappa shape index (κ3) is 2.69. The van der Waals surface area contributed by atoms with Crippen LogP contribution in [0.1, 0.15) is 10.6 Å². The molecule has 1 aromatic rings. The van der Waals surface area contributed by atoms with Crippen molar-refractivity contribution in [3.63, 3.8) is 0 Å². The molecular formula is C6H6N4O5. The van der Waals surface area contributed by atoms with Crippen LogP contribution in [0.5, 0.6) is 0 Å². The Bertz CT molecular complexity index is 411. The molecule has 0 aliphatic heterocycles. The van der Waals surface area contributed by atoms with E-state index in [-0.39, 0.29) is 5.76 Å². The van der Waals surface area contributed by atoms with Gasteiger partial charge in [0, 0.05) is 0 Å². The van der Waals surface area contributed by atoms with Crippen LogP contribution in [-0.2, 0) is 0 Å². The second-order valence-corrected chi connectivity index (χ2v) is 2.34. The van der Waals surface area contributed by atoms with E-state index in [1.165, 1.54) is 0 Å². The van der Waals surface area contributed by atoms with Crippen molar-refractivity contribution in [2.75, 3.05) is 0 Å². The van der Waals surface area contributed by atoms with Gasteiger partial charge in [-0.1, -0.05) is 0 Å². The third-order valence-electron chi connectivity index (χ3n) is 1.29. The molecule has 4 N–H and O–H groups in total. The van der Waals surface area contributed by atoms with Crippen LogP contribution < -0.4 is 16.6 Å². The largest absolute Gasteiger partial charge is 0.433 e. The smallest absolute Gasteiger partial charge is 0.395 e. The molecular weight excluding hydrogens is 208 g/mol. The predicted molar refractivity (Wildman–Crippen MR) is 45.5 cm³/mol. The predicted octanol–water partition coefficient (Wildman–Crippen LogP) is -0.499. The first-order chi connectivity index (χ1) is 7.00. The van der Waals surface area contributed by atoms with Crippen LogP contribution in [-0.4, -0.2) is 16.9 Å². The zero-order valence-electron chi connectivity index (χ0n) is 7.22. The molecule has 0 saturated carbocycles. The molecule has 9 nitrogen and oxygen atoms in total. The number of carbonyl (C=O) groups is 2. The Kier molecular flexibility index (Phi) is 2.86. The van der Waals surface area contributed by atoms with Crippen LogP contribution in [0, 0.1) is 10.1 Å². The van der Waals surface area contributed by atoms with Crippen LogP contribution in [0.2, 0.25) is 0 Å². The van der Waals surface area contributed by atoms with Crippen molar-refractivity contribution in [2.45, 2.75) is 0 Å². The summed E-state index contributed by atoms with van der Waals surface area (Å²) in [6.45, 7) is 0. The van der Waals surface area contributed by atoms with Gasteiger partial charge in [-0.3, -0.25) is 20.3 Å². The van der Waals surface area contributed by atoms with E-state index in [1.807, 2.05) is 5.43 Å². The molecule has 1 rings (SSSR count). The summed E-state index contributed by atoms with van der Waals surface area (Å²) in [4.78, 5) is 30.7. The molecule has 0 bridgehead atoms. The lowest BCUT2D eigenvalue weighted by Crippen LogP contribution is -2.44. The third-order valence-corrected chi connectivity index (χ3v) is 1.29. The molecule has 0 aromatic carbocycles. The number of rotatable bonds is 2. The number of furan rings is 1. The van der Waals surface area contributed by atoms with Gasteiger partial charge in [0.2, 0.25) is 5.76 Å². The van der Waals surface area contributed by atoms with Crippen LogP contribution in [0.4, 0.5) is 10.7 Å². The number of hydrogen-bond donors (Lipinski definition) is 3. The van der Waals surface area contributed by atoms with Crippen molar-refractivity contribution in [1.82, 2.24) is 10.9 Å². The summed E-state index contributed by atoms with van der Waals surface area (Å²) in [5, 5.41) is 10.2. The maximum Gasteiger partial charge on any atom is 0.433 e. The summed E-state index contributed by atoms with van der Waals surface area (Å²) in [5.41, 5.74) is 8.33. The van der Waals surface area contributed by atoms with Gasteiger partial charge < -0.3 is 10.2 Å². The number of carbonyl (C=O) groups excluding carboxylic acids is 2. The Morgan fingerprint density at radius 2 is 2.07 bits per heavy atom. The van der Waals surface area contributed by atoms with E-state index < -0.39 is 22.7 Å². The Morgan fingerprint density at radius 3 is 2.53 bits per heavy atom. The maximum absolute atomic E-state index is 11.1. The van der Waals surface area contributed by atoms with Crippen molar-refractivity contribution < 1.29 is 18.9 Å². The van der Waals surface area contributed by atoms with Gasteiger partial charge in [0.05, 0.1) is 6.07 Å². The number of amides is 3. The number of nitrogens with one attached hydrogen (secondary N) is 2. The first-order valence-corrected chi connectivity index (χ1v) is 3.60. The van der Waals surface area contributed by atoms with Gasteiger partial charge in [-0.05, 0) is 6.07 Å². The summed E-state index contributed by atoms with van der Waals surface area (Å²) in [5.74, 6) is -1.73. The zero-order chi connectivity index (χ0) is 11.4. The minimum atomic E-state index is -0.968. The second-order valence-electron chi connectivity index (χ2n) is 2.34. The lowest BCUT2D eigenvalue weighted by molar-refractivity contribution is -0.402. The average molecular weight is 214 g/mol. The zero-order valence-corrected chi connectivity index (χ0v) is 7.22. The monoisotopic (exact) mass is 214 g/mol. The number of nitrogens with zero attached hydrogens (tertiary/aromatic N) is 1. The fourth-order valence-corrected chi connectivity index (χ4v) is 0.728. The highest BCUT2D eigenvalue weighted by Crippen LogP contribution is 2.14. The Labute approximate surface area is 82.3 Å². The van der Waals surface area contributed by atoms with Crippen molar-refractivity contribution >= 4 is 17.8 Å². The van der Waals surface area contributed by atoms with E-state index in [0.717, 1.165) is 12.1 Å². The molecule has 0 radical (unpaired) electrons. The first kappa shape index (κ1) is 10.5. The number of hydrogen-bond acceptors (Lipinski definition) is 5. The fourth-order valence-electron chi connectivity index (χ4n) is 0.728. The summed E-state index contributed by atoms with van der Waals surface area (Å²) in [6.07, 6.45) is 0. The quantitative estimate of drug-likeness (QED) is 0.449. The van der Waals surface area contributed by atoms with Gasteiger partial charge in [-0.25, -0.2) is 10.2 Å². The van der Waals surface area contributed by atoms with Gasteiger partial charge in [-0.15, -0.1) is 0 Å². The SMILES string of the molecule is NC(=O)NNC(=O)c1ccc([N+](=O)[O-])o1. The molecule has 0 saturated heterocycles. The van der Waals surface area contributed by atoms with Crippen LogP contribution in [0.15, 0.2) is 16.5 Å². The molecule has 0 spiro atoms. The molecule has 15 heavy (non-hydrogen) atoms. The van der Waals surface area contributed by atoms with Crippen molar-refractivity contribution in [3.8, 4) is 0 Å². The molecule has 0 atom stereocenters. The van der Waals surface area contributed by atoms with Gasteiger partial charge in [-0.2, -0.15) is 0 Å². The highest BCUT2D eigenvalue weighted by atomic mass is 16.6. The molecule has 0 unspecified atom stereocenters. The highest BCUT2D eigenvalue weighted by molar-refractivity contribution is 5.92. The van der Waals surface area contributed by atoms with E-state index >= 15 is 0 Å².